The lowest BCUT2D eigenvalue weighted by Crippen LogP contribution is -2.25. The number of nitrogens with one attached hydrogen (secondary N) is 1. The van der Waals surface area contributed by atoms with Gasteiger partial charge in [-0.25, -0.2) is 10.4 Å². The lowest BCUT2D eigenvalue weighted by molar-refractivity contribution is -0.123. The number of benzene rings is 2. The standard InChI is InChI=1S/C23H23BrClN3O2/c1-13(2)18-10-19(24)15(4)8-21(18)30-12-22(29)28-26-11-17-9-16-6-5-14(3)7-20(16)27-23(17)25/h5-11,13H,12H2,1-4H3,(H,28,29)/b26-11-. The third-order valence-electron chi connectivity index (χ3n) is 4.62. The van der Waals surface area contributed by atoms with Gasteiger partial charge in [-0.2, -0.15) is 5.10 Å². The summed E-state index contributed by atoms with van der Waals surface area (Å²) < 4.78 is 6.76. The van der Waals surface area contributed by atoms with Gasteiger partial charge in [-0.15, -0.1) is 0 Å². The molecule has 0 aliphatic heterocycles. The van der Waals surface area contributed by atoms with Gasteiger partial charge < -0.3 is 4.74 Å². The Bertz CT molecular complexity index is 1130. The molecule has 0 radical (unpaired) electrons. The Morgan fingerprint density at radius 2 is 2.03 bits per heavy atom. The fourth-order valence-corrected chi connectivity index (χ4v) is 3.51. The smallest absolute Gasteiger partial charge is 0.277 e. The first-order valence-electron chi connectivity index (χ1n) is 9.56. The zero-order valence-corrected chi connectivity index (χ0v) is 19.6. The van der Waals surface area contributed by atoms with Crippen molar-refractivity contribution in [1.82, 2.24) is 10.4 Å². The third kappa shape index (κ3) is 5.37. The summed E-state index contributed by atoms with van der Waals surface area (Å²) in [6.45, 7) is 8.00. The molecular formula is C23H23BrClN3O2. The fourth-order valence-electron chi connectivity index (χ4n) is 2.96. The molecule has 0 atom stereocenters. The maximum atomic E-state index is 12.2. The minimum Gasteiger partial charge on any atom is -0.483 e. The molecule has 156 valence electrons. The predicted molar refractivity (Wildman–Crippen MR) is 126 cm³/mol. The number of aryl methyl sites for hydroxylation is 2. The monoisotopic (exact) mass is 487 g/mol. The molecule has 0 aliphatic rings. The Morgan fingerprint density at radius 1 is 1.27 bits per heavy atom. The number of carbonyl (C=O) groups excluding carboxylic acids is 1. The van der Waals surface area contributed by atoms with Gasteiger partial charge in [0.2, 0.25) is 0 Å². The minimum absolute atomic E-state index is 0.138. The van der Waals surface area contributed by atoms with E-state index in [-0.39, 0.29) is 18.4 Å². The van der Waals surface area contributed by atoms with E-state index in [9.17, 15) is 4.79 Å². The summed E-state index contributed by atoms with van der Waals surface area (Å²) >= 11 is 9.78. The fraction of sp³-hybridized carbons (Fsp3) is 0.261. The van der Waals surface area contributed by atoms with Crippen LogP contribution in [0.1, 0.15) is 42.0 Å². The van der Waals surface area contributed by atoms with Crippen molar-refractivity contribution in [2.75, 3.05) is 6.61 Å². The van der Waals surface area contributed by atoms with E-state index in [1.54, 1.807) is 0 Å². The zero-order chi connectivity index (χ0) is 21.8. The lowest BCUT2D eigenvalue weighted by atomic mass is 10.0. The first kappa shape index (κ1) is 22.2. The van der Waals surface area contributed by atoms with Gasteiger partial charge in [0.25, 0.3) is 5.91 Å². The molecule has 1 aromatic heterocycles. The Morgan fingerprint density at radius 3 is 2.77 bits per heavy atom. The van der Waals surface area contributed by atoms with Crippen LogP contribution in [-0.2, 0) is 4.79 Å². The number of ether oxygens (including phenoxy) is 1. The quantitative estimate of drug-likeness (QED) is 0.266. The molecule has 0 saturated carbocycles. The maximum Gasteiger partial charge on any atom is 0.277 e. The summed E-state index contributed by atoms with van der Waals surface area (Å²) in [5.41, 5.74) is 7.11. The number of aromatic nitrogens is 1. The average Bonchev–Trinajstić information content (AvgIpc) is 2.68. The number of hydrogen-bond donors (Lipinski definition) is 1. The number of nitrogens with zero attached hydrogens (tertiary/aromatic N) is 2. The van der Waals surface area contributed by atoms with Crippen molar-refractivity contribution in [3.8, 4) is 5.75 Å². The number of hydrazone groups is 1. The molecule has 30 heavy (non-hydrogen) atoms. The van der Waals surface area contributed by atoms with Crippen LogP contribution in [0.15, 0.2) is 46.0 Å². The zero-order valence-electron chi connectivity index (χ0n) is 17.3. The van der Waals surface area contributed by atoms with E-state index < -0.39 is 0 Å². The summed E-state index contributed by atoms with van der Waals surface area (Å²) in [4.78, 5) is 16.6. The highest BCUT2D eigenvalue weighted by atomic mass is 79.9. The molecule has 3 aromatic rings. The average molecular weight is 489 g/mol. The van der Waals surface area contributed by atoms with E-state index in [1.807, 2.05) is 50.2 Å². The molecular weight excluding hydrogens is 466 g/mol. The molecule has 0 bridgehead atoms. The van der Waals surface area contributed by atoms with Crippen molar-refractivity contribution in [3.63, 3.8) is 0 Å². The van der Waals surface area contributed by atoms with Crippen molar-refractivity contribution < 1.29 is 9.53 Å². The highest BCUT2D eigenvalue weighted by molar-refractivity contribution is 9.10. The van der Waals surface area contributed by atoms with Gasteiger partial charge in [0.15, 0.2) is 6.61 Å². The van der Waals surface area contributed by atoms with Crippen LogP contribution in [0, 0.1) is 13.8 Å². The van der Waals surface area contributed by atoms with Gasteiger partial charge in [0.05, 0.1) is 11.7 Å². The highest BCUT2D eigenvalue weighted by Crippen LogP contribution is 2.32. The molecule has 2 aromatic carbocycles. The number of carbonyl (C=O) groups is 1. The molecule has 0 fully saturated rings. The van der Waals surface area contributed by atoms with Crippen LogP contribution in [0.25, 0.3) is 10.9 Å². The van der Waals surface area contributed by atoms with Crippen molar-refractivity contribution in [2.45, 2.75) is 33.6 Å². The van der Waals surface area contributed by atoms with Crippen LogP contribution in [-0.4, -0.2) is 23.7 Å². The third-order valence-corrected chi connectivity index (χ3v) is 5.78. The van der Waals surface area contributed by atoms with Gasteiger partial charge in [-0.3, -0.25) is 4.79 Å². The van der Waals surface area contributed by atoms with Crippen LogP contribution in [0.5, 0.6) is 5.75 Å². The summed E-state index contributed by atoms with van der Waals surface area (Å²) in [5.74, 6) is 0.605. The number of rotatable bonds is 6. The SMILES string of the molecule is Cc1ccc2cc(/C=N\NC(=O)COc3cc(C)c(Br)cc3C(C)C)c(Cl)nc2c1. The number of halogens is 2. The van der Waals surface area contributed by atoms with Gasteiger partial charge in [0.1, 0.15) is 10.9 Å². The molecule has 0 spiro atoms. The van der Waals surface area contributed by atoms with Gasteiger partial charge in [-0.05, 0) is 60.7 Å². The number of amides is 1. The minimum atomic E-state index is -0.359. The van der Waals surface area contributed by atoms with E-state index in [2.05, 4.69) is 45.3 Å². The second-order valence-corrected chi connectivity index (χ2v) is 8.65. The Labute approximate surface area is 189 Å². The second-order valence-electron chi connectivity index (χ2n) is 7.44. The van der Waals surface area contributed by atoms with Crippen LogP contribution in [0.3, 0.4) is 0 Å². The normalized spacial score (nSPS) is 11.4. The molecule has 1 heterocycles. The van der Waals surface area contributed by atoms with Crippen LogP contribution in [0.2, 0.25) is 5.15 Å². The summed E-state index contributed by atoms with van der Waals surface area (Å²) in [6, 6.07) is 11.8. The van der Waals surface area contributed by atoms with Gasteiger partial charge >= 0.3 is 0 Å². The number of hydrogen-bond acceptors (Lipinski definition) is 4. The second kappa shape index (κ2) is 9.58. The number of fused-ring (bicyclic) bond motifs is 1. The van der Waals surface area contributed by atoms with E-state index in [4.69, 9.17) is 16.3 Å². The first-order valence-corrected chi connectivity index (χ1v) is 10.7. The van der Waals surface area contributed by atoms with Crippen molar-refractivity contribution in [3.05, 3.63) is 68.3 Å². The molecule has 0 unspecified atom stereocenters. The van der Waals surface area contributed by atoms with Crippen LogP contribution in [0.4, 0.5) is 0 Å². The van der Waals surface area contributed by atoms with E-state index in [0.717, 1.165) is 32.1 Å². The number of pyridine rings is 1. The molecule has 5 nitrogen and oxygen atoms in total. The lowest BCUT2D eigenvalue weighted by Gasteiger charge is -2.15. The topological polar surface area (TPSA) is 63.6 Å². The summed E-state index contributed by atoms with van der Waals surface area (Å²) in [6.07, 6.45) is 1.48. The van der Waals surface area contributed by atoms with Crippen molar-refractivity contribution in [2.24, 2.45) is 5.10 Å². The van der Waals surface area contributed by atoms with E-state index in [0.29, 0.717) is 16.5 Å². The van der Waals surface area contributed by atoms with Crippen LogP contribution >= 0.6 is 27.5 Å². The largest absolute Gasteiger partial charge is 0.483 e. The van der Waals surface area contributed by atoms with Crippen molar-refractivity contribution >= 4 is 50.6 Å². The van der Waals surface area contributed by atoms with E-state index in [1.165, 1.54) is 6.21 Å². The summed E-state index contributed by atoms with van der Waals surface area (Å²) in [7, 11) is 0. The van der Waals surface area contributed by atoms with E-state index >= 15 is 0 Å². The molecule has 0 aliphatic carbocycles. The molecule has 0 saturated heterocycles. The molecule has 1 amide bonds. The van der Waals surface area contributed by atoms with Gasteiger partial charge in [-0.1, -0.05) is 53.5 Å². The Hall–Kier alpha value is -2.44. The predicted octanol–water partition coefficient (Wildman–Crippen LogP) is 5.92. The van der Waals surface area contributed by atoms with Crippen molar-refractivity contribution in [1.29, 1.82) is 0 Å². The van der Waals surface area contributed by atoms with Crippen LogP contribution < -0.4 is 10.2 Å². The Balaban J connectivity index is 1.65. The Kier molecular flexibility index (Phi) is 7.10. The maximum absolute atomic E-state index is 12.2. The van der Waals surface area contributed by atoms with Gasteiger partial charge in [0, 0.05) is 15.4 Å². The molecule has 1 N–H and O–H groups in total. The highest BCUT2D eigenvalue weighted by Gasteiger charge is 2.12. The summed E-state index contributed by atoms with van der Waals surface area (Å²) in [5, 5.41) is 5.27. The molecule has 3 rings (SSSR count). The first-order chi connectivity index (χ1) is 14.2. The molecule has 7 heteroatoms.